The summed E-state index contributed by atoms with van der Waals surface area (Å²) < 4.78 is 24.1. The number of benzene rings is 2. The number of hydrogen-bond acceptors (Lipinski definition) is 3. The molecule has 1 atom stereocenters. The average molecular weight is 357 g/mol. The van der Waals surface area contributed by atoms with Crippen LogP contribution in [0.15, 0.2) is 48.5 Å². The van der Waals surface area contributed by atoms with Crippen molar-refractivity contribution in [3.63, 3.8) is 0 Å². The number of hydrogen-bond donors (Lipinski definition) is 0. The van der Waals surface area contributed by atoms with Crippen LogP contribution in [-0.4, -0.2) is 43.7 Å². The molecule has 4 nitrogen and oxygen atoms in total. The summed E-state index contributed by atoms with van der Waals surface area (Å²) in [5, 5.41) is 0. The molecule has 3 rings (SSSR count). The third-order valence-corrected chi connectivity index (χ3v) is 4.62. The SMILES string of the molecule is CCOCCOc1ccccc1C(=O)N1CC[C@@H](c2ccc(F)cc2)C1. The molecule has 138 valence electrons. The topological polar surface area (TPSA) is 38.8 Å². The van der Waals surface area contributed by atoms with Gasteiger partial charge in [0.1, 0.15) is 18.2 Å². The monoisotopic (exact) mass is 357 g/mol. The third-order valence-electron chi connectivity index (χ3n) is 4.62. The lowest BCUT2D eigenvalue weighted by Crippen LogP contribution is -2.29. The van der Waals surface area contributed by atoms with Gasteiger partial charge in [0.25, 0.3) is 5.91 Å². The van der Waals surface area contributed by atoms with E-state index < -0.39 is 0 Å². The maximum atomic E-state index is 13.1. The zero-order valence-corrected chi connectivity index (χ0v) is 15.0. The van der Waals surface area contributed by atoms with Crippen molar-refractivity contribution in [1.82, 2.24) is 4.90 Å². The van der Waals surface area contributed by atoms with Gasteiger partial charge in [0.2, 0.25) is 0 Å². The van der Waals surface area contributed by atoms with Crippen LogP contribution in [0.25, 0.3) is 0 Å². The molecule has 26 heavy (non-hydrogen) atoms. The first-order chi connectivity index (χ1) is 12.7. The number of rotatable bonds is 7. The van der Waals surface area contributed by atoms with Crippen molar-refractivity contribution >= 4 is 5.91 Å². The first kappa shape index (κ1) is 18.4. The minimum absolute atomic E-state index is 0.0263. The quantitative estimate of drug-likeness (QED) is 0.706. The molecular formula is C21H24FNO3. The fraction of sp³-hybridized carbons (Fsp3) is 0.381. The van der Waals surface area contributed by atoms with E-state index >= 15 is 0 Å². The van der Waals surface area contributed by atoms with E-state index in [0.29, 0.717) is 44.2 Å². The Balaban J connectivity index is 1.65. The summed E-state index contributed by atoms with van der Waals surface area (Å²) in [6, 6.07) is 13.9. The molecule has 1 fully saturated rings. The van der Waals surface area contributed by atoms with E-state index in [9.17, 15) is 9.18 Å². The van der Waals surface area contributed by atoms with Crippen LogP contribution in [0.2, 0.25) is 0 Å². The lowest BCUT2D eigenvalue weighted by Gasteiger charge is -2.19. The minimum Gasteiger partial charge on any atom is -0.490 e. The third kappa shape index (κ3) is 4.41. The lowest BCUT2D eigenvalue weighted by atomic mass is 9.98. The molecule has 1 amide bonds. The predicted octanol–water partition coefficient (Wildman–Crippen LogP) is 3.87. The van der Waals surface area contributed by atoms with E-state index in [-0.39, 0.29) is 17.6 Å². The predicted molar refractivity (Wildman–Crippen MR) is 98.1 cm³/mol. The van der Waals surface area contributed by atoms with E-state index in [1.54, 1.807) is 18.2 Å². The van der Waals surface area contributed by atoms with Crippen molar-refractivity contribution in [2.45, 2.75) is 19.3 Å². The van der Waals surface area contributed by atoms with Gasteiger partial charge in [-0.1, -0.05) is 24.3 Å². The summed E-state index contributed by atoms with van der Waals surface area (Å²) in [6.07, 6.45) is 0.880. The van der Waals surface area contributed by atoms with Crippen molar-refractivity contribution in [3.8, 4) is 5.75 Å². The molecule has 0 N–H and O–H groups in total. The minimum atomic E-state index is -0.238. The molecule has 0 saturated carbocycles. The number of carbonyl (C=O) groups excluding carboxylic acids is 1. The number of carbonyl (C=O) groups is 1. The van der Waals surface area contributed by atoms with Gasteiger partial charge in [-0.2, -0.15) is 0 Å². The maximum Gasteiger partial charge on any atom is 0.257 e. The first-order valence-electron chi connectivity index (χ1n) is 9.03. The number of ether oxygens (including phenoxy) is 2. The van der Waals surface area contributed by atoms with E-state index in [2.05, 4.69) is 0 Å². The Bertz CT molecular complexity index is 732. The van der Waals surface area contributed by atoms with Gasteiger partial charge in [-0.3, -0.25) is 4.79 Å². The van der Waals surface area contributed by atoms with Crippen LogP contribution in [0.3, 0.4) is 0 Å². The fourth-order valence-corrected chi connectivity index (χ4v) is 3.25. The second-order valence-electron chi connectivity index (χ2n) is 6.33. The molecule has 5 heteroatoms. The van der Waals surface area contributed by atoms with Crippen LogP contribution in [0, 0.1) is 5.82 Å². The van der Waals surface area contributed by atoms with Crippen molar-refractivity contribution in [2.24, 2.45) is 0 Å². The molecule has 1 aliphatic rings. The second kappa shape index (κ2) is 8.81. The van der Waals surface area contributed by atoms with Gasteiger partial charge in [0.05, 0.1) is 12.2 Å². The van der Waals surface area contributed by atoms with Crippen LogP contribution in [0.1, 0.15) is 35.2 Å². The summed E-state index contributed by atoms with van der Waals surface area (Å²) in [7, 11) is 0. The molecule has 0 bridgehead atoms. The van der Waals surface area contributed by atoms with Gasteiger partial charge < -0.3 is 14.4 Å². The van der Waals surface area contributed by atoms with Gasteiger partial charge in [-0.15, -0.1) is 0 Å². The van der Waals surface area contributed by atoms with E-state index in [0.717, 1.165) is 12.0 Å². The van der Waals surface area contributed by atoms with Crippen molar-refractivity contribution in [1.29, 1.82) is 0 Å². The molecule has 0 unspecified atom stereocenters. The fourth-order valence-electron chi connectivity index (χ4n) is 3.25. The van der Waals surface area contributed by atoms with Crippen LogP contribution in [0.4, 0.5) is 4.39 Å². The summed E-state index contributed by atoms with van der Waals surface area (Å²) in [5.74, 6) is 0.562. The Morgan fingerprint density at radius 2 is 1.92 bits per heavy atom. The molecule has 2 aromatic carbocycles. The number of likely N-dealkylation sites (tertiary alicyclic amines) is 1. The average Bonchev–Trinajstić information content (AvgIpc) is 3.16. The maximum absolute atomic E-state index is 13.1. The highest BCUT2D eigenvalue weighted by Gasteiger charge is 2.29. The zero-order chi connectivity index (χ0) is 18.4. The van der Waals surface area contributed by atoms with Gasteiger partial charge in [-0.05, 0) is 43.2 Å². The Morgan fingerprint density at radius 1 is 1.15 bits per heavy atom. The van der Waals surface area contributed by atoms with Crippen LogP contribution < -0.4 is 4.74 Å². The van der Waals surface area contributed by atoms with Crippen molar-refractivity contribution in [2.75, 3.05) is 32.9 Å². The van der Waals surface area contributed by atoms with E-state index in [1.165, 1.54) is 12.1 Å². The Kier molecular flexibility index (Phi) is 6.23. The molecule has 0 aromatic heterocycles. The summed E-state index contributed by atoms with van der Waals surface area (Å²) in [5.41, 5.74) is 1.65. The lowest BCUT2D eigenvalue weighted by molar-refractivity contribution is 0.0779. The van der Waals surface area contributed by atoms with Crippen LogP contribution in [-0.2, 0) is 4.74 Å². The Morgan fingerprint density at radius 3 is 2.69 bits per heavy atom. The number of nitrogens with zero attached hydrogens (tertiary/aromatic N) is 1. The molecule has 1 saturated heterocycles. The van der Waals surface area contributed by atoms with Crippen molar-refractivity contribution < 1.29 is 18.7 Å². The highest BCUT2D eigenvalue weighted by molar-refractivity contribution is 5.97. The summed E-state index contributed by atoms with van der Waals surface area (Å²) in [4.78, 5) is 14.8. The molecule has 2 aromatic rings. The number of para-hydroxylation sites is 1. The van der Waals surface area contributed by atoms with Crippen LogP contribution >= 0.6 is 0 Å². The molecular weight excluding hydrogens is 333 g/mol. The standard InChI is InChI=1S/C21H24FNO3/c1-2-25-13-14-26-20-6-4-3-5-19(20)21(24)23-12-11-17(15-23)16-7-9-18(22)10-8-16/h3-10,17H,2,11-15H2,1H3/t17-/m1/s1. The molecule has 1 heterocycles. The second-order valence-corrected chi connectivity index (χ2v) is 6.33. The largest absolute Gasteiger partial charge is 0.490 e. The number of halogens is 1. The smallest absolute Gasteiger partial charge is 0.257 e. The number of amides is 1. The van der Waals surface area contributed by atoms with E-state index in [1.807, 2.05) is 30.0 Å². The van der Waals surface area contributed by atoms with E-state index in [4.69, 9.17) is 9.47 Å². The van der Waals surface area contributed by atoms with Gasteiger partial charge in [0, 0.05) is 25.6 Å². The molecule has 0 radical (unpaired) electrons. The Labute approximate surface area is 153 Å². The zero-order valence-electron chi connectivity index (χ0n) is 15.0. The van der Waals surface area contributed by atoms with Gasteiger partial charge in [-0.25, -0.2) is 4.39 Å². The molecule has 1 aliphatic heterocycles. The van der Waals surface area contributed by atoms with Crippen molar-refractivity contribution in [3.05, 3.63) is 65.5 Å². The van der Waals surface area contributed by atoms with Gasteiger partial charge >= 0.3 is 0 Å². The highest BCUT2D eigenvalue weighted by atomic mass is 19.1. The van der Waals surface area contributed by atoms with Crippen LogP contribution in [0.5, 0.6) is 5.75 Å². The molecule has 0 aliphatic carbocycles. The molecule has 0 spiro atoms. The van der Waals surface area contributed by atoms with Gasteiger partial charge in [0.15, 0.2) is 0 Å². The Hall–Kier alpha value is -2.40. The first-order valence-corrected chi connectivity index (χ1v) is 9.03. The highest BCUT2D eigenvalue weighted by Crippen LogP contribution is 2.30. The summed E-state index contributed by atoms with van der Waals surface area (Å²) >= 11 is 0. The summed E-state index contributed by atoms with van der Waals surface area (Å²) in [6.45, 7) is 4.81. The normalized spacial score (nSPS) is 16.7.